The van der Waals surface area contributed by atoms with Gasteiger partial charge < -0.3 is 0 Å². The van der Waals surface area contributed by atoms with Crippen LogP contribution in [0.4, 0.5) is 0 Å². The highest BCUT2D eigenvalue weighted by Crippen LogP contribution is 2.32. The van der Waals surface area contributed by atoms with Gasteiger partial charge in [0.25, 0.3) is 0 Å². The maximum Gasteiger partial charge on any atom is 0.0937 e. The second-order valence-electron chi connectivity index (χ2n) is 6.30. The Morgan fingerprint density at radius 2 is 1.83 bits per heavy atom. The van der Waals surface area contributed by atoms with Gasteiger partial charge in [-0.2, -0.15) is 0 Å². The van der Waals surface area contributed by atoms with Crippen molar-refractivity contribution in [1.29, 1.82) is 0 Å². The molecule has 0 radical (unpaired) electrons. The lowest BCUT2D eigenvalue weighted by Gasteiger charge is -2.21. The van der Waals surface area contributed by atoms with Gasteiger partial charge in [-0.15, -0.1) is 22.7 Å². The molecular weight excluding hydrogens is 260 g/mol. The molecule has 0 aliphatic carbocycles. The van der Waals surface area contributed by atoms with Crippen molar-refractivity contribution < 1.29 is 0 Å². The van der Waals surface area contributed by atoms with Crippen LogP contribution < -0.4 is 0 Å². The quantitative estimate of drug-likeness (QED) is 0.832. The fraction of sp³-hybridized carbons (Fsp3) is 0.571. The maximum absolute atomic E-state index is 4.78. The van der Waals surface area contributed by atoms with Crippen LogP contribution in [0, 0.1) is 0 Å². The van der Waals surface area contributed by atoms with E-state index in [0.29, 0.717) is 0 Å². The van der Waals surface area contributed by atoms with Gasteiger partial charge in [0, 0.05) is 33.7 Å². The van der Waals surface area contributed by atoms with Crippen LogP contribution in [0.25, 0.3) is 0 Å². The van der Waals surface area contributed by atoms with Gasteiger partial charge in [0.2, 0.25) is 0 Å². The van der Waals surface area contributed by atoms with Crippen LogP contribution in [0.15, 0.2) is 17.1 Å². The van der Waals surface area contributed by atoms with E-state index in [4.69, 9.17) is 4.98 Å². The van der Waals surface area contributed by atoms with Crippen molar-refractivity contribution in [2.24, 2.45) is 0 Å². The molecule has 2 heterocycles. The zero-order valence-corrected chi connectivity index (χ0v) is 13.3. The summed E-state index contributed by atoms with van der Waals surface area (Å²) in [6.45, 7) is 11.2. The van der Waals surface area contributed by atoms with Gasteiger partial charge >= 0.3 is 0 Å². The van der Waals surface area contributed by atoms with Crippen molar-refractivity contribution >= 4 is 22.7 Å². The highest BCUT2D eigenvalue weighted by molar-refractivity contribution is 7.10. The van der Waals surface area contributed by atoms with E-state index in [-0.39, 0.29) is 10.8 Å². The van der Waals surface area contributed by atoms with E-state index >= 15 is 0 Å². The van der Waals surface area contributed by atoms with E-state index in [2.05, 4.69) is 45.0 Å². The van der Waals surface area contributed by atoms with E-state index in [0.717, 1.165) is 6.42 Å². The van der Waals surface area contributed by atoms with Crippen molar-refractivity contribution in [2.75, 3.05) is 0 Å². The molecule has 0 fully saturated rings. The molecule has 98 valence electrons. The number of hydrogen-bond donors (Lipinski definition) is 0. The van der Waals surface area contributed by atoms with Crippen molar-refractivity contribution in [1.82, 2.24) is 9.97 Å². The molecule has 0 amide bonds. The van der Waals surface area contributed by atoms with Gasteiger partial charge in [-0.25, -0.2) is 4.98 Å². The molecule has 2 rings (SSSR count). The zero-order chi connectivity index (χ0) is 13.4. The predicted molar refractivity (Wildman–Crippen MR) is 79.7 cm³/mol. The first-order valence-corrected chi connectivity index (χ1v) is 7.89. The summed E-state index contributed by atoms with van der Waals surface area (Å²) in [5, 5.41) is 3.41. The number of aromatic nitrogens is 2. The molecule has 0 bridgehead atoms. The van der Waals surface area contributed by atoms with Crippen molar-refractivity contribution in [3.8, 4) is 0 Å². The van der Waals surface area contributed by atoms with Gasteiger partial charge in [0.05, 0.1) is 16.2 Å². The van der Waals surface area contributed by atoms with Gasteiger partial charge in [0.15, 0.2) is 0 Å². The van der Waals surface area contributed by atoms with Crippen LogP contribution in [-0.4, -0.2) is 9.97 Å². The Bertz CT molecular complexity index is 504. The number of rotatable bonds is 3. The van der Waals surface area contributed by atoms with E-state index in [9.17, 15) is 0 Å². The maximum atomic E-state index is 4.78. The van der Waals surface area contributed by atoms with Crippen LogP contribution >= 0.6 is 22.7 Å². The number of nitrogens with zero attached hydrogens (tertiary/aromatic N) is 2. The fourth-order valence-corrected chi connectivity index (χ4v) is 3.75. The normalized spacial score (nSPS) is 12.9. The number of thiazole rings is 2. The minimum atomic E-state index is 0.119. The summed E-state index contributed by atoms with van der Waals surface area (Å²) in [7, 11) is 0. The predicted octanol–water partition coefficient (Wildman–Crippen LogP) is 4.42. The smallest absolute Gasteiger partial charge is 0.0937 e. The van der Waals surface area contributed by atoms with E-state index < -0.39 is 0 Å². The fourth-order valence-electron chi connectivity index (χ4n) is 1.75. The van der Waals surface area contributed by atoms with Gasteiger partial charge in [-0.05, 0) is 0 Å². The van der Waals surface area contributed by atoms with Crippen LogP contribution in [0.2, 0.25) is 0 Å². The SMILES string of the molecule is CC(C)(C)c1csc(CC(C)(C)c2cncs2)n1. The van der Waals surface area contributed by atoms with Crippen LogP contribution in [0.1, 0.15) is 50.2 Å². The molecule has 0 N–H and O–H groups in total. The average molecular weight is 280 g/mol. The Morgan fingerprint density at radius 1 is 1.11 bits per heavy atom. The van der Waals surface area contributed by atoms with Crippen molar-refractivity contribution in [3.05, 3.63) is 32.7 Å². The highest BCUT2D eigenvalue weighted by Gasteiger charge is 2.25. The topological polar surface area (TPSA) is 25.8 Å². The van der Waals surface area contributed by atoms with E-state index in [1.807, 2.05) is 11.7 Å². The molecule has 0 saturated heterocycles. The summed E-state index contributed by atoms with van der Waals surface area (Å²) in [6, 6.07) is 0. The molecule has 0 aliphatic rings. The third kappa shape index (κ3) is 2.98. The molecule has 0 atom stereocenters. The molecule has 0 aromatic carbocycles. The number of hydrogen-bond acceptors (Lipinski definition) is 4. The van der Waals surface area contributed by atoms with Crippen molar-refractivity contribution in [3.63, 3.8) is 0 Å². The third-order valence-corrected chi connectivity index (χ3v) is 5.00. The monoisotopic (exact) mass is 280 g/mol. The van der Waals surface area contributed by atoms with Gasteiger partial charge in [-0.3, -0.25) is 4.98 Å². The summed E-state index contributed by atoms with van der Waals surface area (Å²) >= 11 is 3.50. The van der Waals surface area contributed by atoms with Crippen molar-refractivity contribution in [2.45, 2.75) is 51.9 Å². The summed E-state index contributed by atoms with van der Waals surface area (Å²) in [6.07, 6.45) is 2.96. The first-order valence-electron chi connectivity index (χ1n) is 6.13. The minimum Gasteiger partial charge on any atom is -0.253 e. The Labute approximate surface area is 117 Å². The Kier molecular flexibility index (Phi) is 3.60. The Morgan fingerprint density at radius 3 is 2.33 bits per heavy atom. The average Bonchev–Trinajstić information content (AvgIpc) is 2.83. The van der Waals surface area contributed by atoms with Gasteiger partial charge in [0.1, 0.15) is 0 Å². The Hall–Kier alpha value is -0.740. The molecular formula is C14H20N2S2. The molecule has 18 heavy (non-hydrogen) atoms. The second kappa shape index (κ2) is 4.74. The Balaban J connectivity index is 2.17. The third-order valence-electron chi connectivity index (χ3n) is 3.01. The standard InChI is InChI=1S/C14H20N2S2/c1-13(2,3)10-8-17-12(16-10)6-14(4,5)11-7-15-9-18-11/h7-9H,6H2,1-5H3. The molecule has 2 aromatic heterocycles. The molecule has 2 nitrogen and oxygen atoms in total. The molecule has 2 aromatic rings. The summed E-state index contributed by atoms with van der Waals surface area (Å²) in [5.74, 6) is 0. The van der Waals surface area contributed by atoms with E-state index in [1.54, 1.807) is 22.7 Å². The second-order valence-corrected chi connectivity index (χ2v) is 8.13. The first-order chi connectivity index (χ1) is 8.29. The molecule has 4 heteroatoms. The molecule has 0 unspecified atom stereocenters. The summed E-state index contributed by atoms with van der Waals surface area (Å²) in [5.41, 5.74) is 3.36. The lowest BCUT2D eigenvalue weighted by Crippen LogP contribution is -2.19. The lowest BCUT2D eigenvalue weighted by molar-refractivity contribution is 0.523. The van der Waals surface area contributed by atoms with Crippen LogP contribution in [0.5, 0.6) is 0 Å². The van der Waals surface area contributed by atoms with Crippen LogP contribution in [-0.2, 0) is 17.3 Å². The zero-order valence-electron chi connectivity index (χ0n) is 11.7. The molecule has 0 spiro atoms. The molecule has 0 saturated carbocycles. The van der Waals surface area contributed by atoms with Crippen LogP contribution in [0.3, 0.4) is 0 Å². The first kappa shape index (κ1) is 13.7. The van der Waals surface area contributed by atoms with Gasteiger partial charge in [-0.1, -0.05) is 34.6 Å². The lowest BCUT2D eigenvalue weighted by atomic mass is 9.88. The largest absolute Gasteiger partial charge is 0.253 e. The summed E-state index contributed by atoms with van der Waals surface area (Å²) in [4.78, 5) is 10.3. The van der Waals surface area contributed by atoms with E-state index in [1.165, 1.54) is 15.6 Å². The highest BCUT2D eigenvalue weighted by atomic mass is 32.1. The summed E-state index contributed by atoms with van der Waals surface area (Å²) < 4.78 is 0. The molecule has 0 aliphatic heterocycles. The minimum absolute atomic E-state index is 0.119.